The molecular formula is C18H28N2O2S. The fourth-order valence-electron chi connectivity index (χ4n) is 2.57. The van der Waals surface area contributed by atoms with Gasteiger partial charge in [0.25, 0.3) is 0 Å². The summed E-state index contributed by atoms with van der Waals surface area (Å²) in [6.45, 7) is 7.26. The SMILES string of the molecule is CN(CCCNC1CSCc2ccccc21)C(=O)OC(C)(C)C. The average molecular weight is 337 g/mol. The monoisotopic (exact) mass is 336 g/mol. The molecule has 1 aromatic rings. The maximum absolute atomic E-state index is 11.9. The lowest BCUT2D eigenvalue weighted by atomic mass is 10.0. The standard InChI is InChI=1S/C18H28N2O2S/c1-18(2,3)22-17(21)20(4)11-7-10-19-16-13-23-12-14-8-5-6-9-15(14)16/h5-6,8-9,16,19H,7,10-13H2,1-4H3. The van der Waals surface area contributed by atoms with Crippen molar-refractivity contribution in [2.45, 2.75) is 44.6 Å². The molecule has 1 aliphatic heterocycles. The van der Waals surface area contributed by atoms with Crippen LogP contribution in [-0.2, 0) is 10.5 Å². The number of benzene rings is 1. The summed E-state index contributed by atoms with van der Waals surface area (Å²) in [7, 11) is 1.79. The van der Waals surface area contributed by atoms with Crippen molar-refractivity contribution in [1.29, 1.82) is 0 Å². The number of hydrogen-bond acceptors (Lipinski definition) is 4. The molecule has 4 nitrogen and oxygen atoms in total. The van der Waals surface area contributed by atoms with Crippen molar-refractivity contribution in [3.63, 3.8) is 0 Å². The molecule has 1 aromatic carbocycles. The number of carbonyl (C=O) groups is 1. The molecular weight excluding hydrogens is 308 g/mol. The van der Waals surface area contributed by atoms with E-state index >= 15 is 0 Å². The predicted octanol–water partition coefficient (Wildman–Crippen LogP) is 3.82. The molecule has 0 saturated heterocycles. The van der Waals surface area contributed by atoms with Gasteiger partial charge in [-0.2, -0.15) is 11.8 Å². The first-order valence-electron chi connectivity index (χ1n) is 8.20. The molecule has 0 radical (unpaired) electrons. The third-order valence-corrected chi connectivity index (χ3v) is 4.82. The summed E-state index contributed by atoms with van der Waals surface area (Å²) in [6, 6.07) is 9.07. The minimum atomic E-state index is -0.438. The zero-order chi connectivity index (χ0) is 16.9. The van der Waals surface area contributed by atoms with Gasteiger partial charge in [-0.05, 0) is 44.9 Å². The molecule has 0 aromatic heterocycles. The lowest BCUT2D eigenvalue weighted by Gasteiger charge is -2.27. The van der Waals surface area contributed by atoms with E-state index in [9.17, 15) is 4.79 Å². The number of rotatable bonds is 5. The van der Waals surface area contributed by atoms with Crippen LogP contribution in [0.3, 0.4) is 0 Å². The second kappa shape index (κ2) is 8.06. The zero-order valence-electron chi connectivity index (χ0n) is 14.6. The third-order valence-electron chi connectivity index (χ3n) is 3.74. The van der Waals surface area contributed by atoms with Gasteiger partial charge in [0, 0.05) is 31.1 Å². The van der Waals surface area contributed by atoms with E-state index in [1.54, 1.807) is 11.9 Å². The van der Waals surface area contributed by atoms with Crippen molar-refractivity contribution < 1.29 is 9.53 Å². The van der Waals surface area contributed by atoms with Crippen LogP contribution >= 0.6 is 11.8 Å². The molecule has 0 saturated carbocycles. The first-order chi connectivity index (χ1) is 10.9. The molecule has 2 rings (SSSR count). The van der Waals surface area contributed by atoms with E-state index < -0.39 is 5.60 Å². The highest BCUT2D eigenvalue weighted by Gasteiger charge is 2.21. The van der Waals surface area contributed by atoms with E-state index in [-0.39, 0.29) is 6.09 Å². The average Bonchev–Trinajstić information content (AvgIpc) is 2.49. The molecule has 128 valence electrons. The number of amides is 1. The Kier molecular flexibility index (Phi) is 6.36. The number of carbonyl (C=O) groups excluding carboxylic acids is 1. The Morgan fingerprint density at radius 2 is 2.13 bits per heavy atom. The smallest absolute Gasteiger partial charge is 0.410 e. The van der Waals surface area contributed by atoms with Crippen LogP contribution in [-0.4, -0.2) is 42.5 Å². The first kappa shape index (κ1) is 18.1. The van der Waals surface area contributed by atoms with Crippen LogP contribution in [0.4, 0.5) is 4.79 Å². The van der Waals surface area contributed by atoms with Crippen LogP contribution < -0.4 is 5.32 Å². The fourth-order valence-corrected chi connectivity index (χ4v) is 3.71. The van der Waals surface area contributed by atoms with Gasteiger partial charge in [0.2, 0.25) is 0 Å². The van der Waals surface area contributed by atoms with Crippen molar-refractivity contribution in [2.24, 2.45) is 0 Å². The molecule has 1 amide bonds. The van der Waals surface area contributed by atoms with Gasteiger partial charge >= 0.3 is 6.09 Å². The Morgan fingerprint density at radius 1 is 1.39 bits per heavy atom. The third kappa shape index (κ3) is 5.74. The molecule has 0 bridgehead atoms. The Bertz CT molecular complexity index is 528. The van der Waals surface area contributed by atoms with Crippen molar-refractivity contribution in [2.75, 3.05) is 25.9 Å². The summed E-state index contributed by atoms with van der Waals surface area (Å²) in [5, 5.41) is 3.62. The Morgan fingerprint density at radius 3 is 2.87 bits per heavy atom. The summed E-state index contributed by atoms with van der Waals surface area (Å²) < 4.78 is 5.36. The summed E-state index contributed by atoms with van der Waals surface area (Å²) >= 11 is 1.97. The fraction of sp³-hybridized carbons (Fsp3) is 0.611. The van der Waals surface area contributed by atoms with Crippen LogP contribution in [0.1, 0.15) is 44.4 Å². The van der Waals surface area contributed by atoms with E-state index in [4.69, 9.17) is 4.74 Å². The number of hydrogen-bond donors (Lipinski definition) is 1. The topological polar surface area (TPSA) is 41.6 Å². The molecule has 1 heterocycles. The predicted molar refractivity (Wildman–Crippen MR) is 96.8 cm³/mol. The molecule has 0 spiro atoms. The second-order valence-corrected chi connectivity index (χ2v) is 8.01. The zero-order valence-corrected chi connectivity index (χ0v) is 15.4. The van der Waals surface area contributed by atoms with Gasteiger partial charge in [0.1, 0.15) is 5.60 Å². The summed E-state index contributed by atoms with van der Waals surface area (Å²) in [6.07, 6.45) is 0.662. The van der Waals surface area contributed by atoms with E-state index in [0.29, 0.717) is 12.6 Å². The van der Waals surface area contributed by atoms with Crippen molar-refractivity contribution in [1.82, 2.24) is 10.2 Å². The van der Waals surface area contributed by atoms with Gasteiger partial charge in [-0.15, -0.1) is 0 Å². The molecule has 0 fully saturated rings. The van der Waals surface area contributed by atoms with Crippen molar-refractivity contribution >= 4 is 17.9 Å². The first-order valence-corrected chi connectivity index (χ1v) is 9.35. The van der Waals surface area contributed by atoms with Gasteiger partial charge < -0.3 is 15.0 Å². The number of nitrogens with zero attached hydrogens (tertiary/aromatic N) is 1. The Balaban J connectivity index is 1.73. The normalized spacial score (nSPS) is 17.5. The van der Waals surface area contributed by atoms with Crippen LogP contribution in [0.2, 0.25) is 0 Å². The van der Waals surface area contributed by atoms with Crippen molar-refractivity contribution in [3.8, 4) is 0 Å². The summed E-state index contributed by atoms with van der Waals surface area (Å²) in [4.78, 5) is 13.5. The maximum Gasteiger partial charge on any atom is 0.410 e. The quantitative estimate of drug-likeness (QED) is 0.830. The lowest BCUT2D eigenvalue weighted by Crippen LogP contribution is -2.36. The molecule has 1 aliphatic rings. The molecule has 23 heavy (non-hydrogen) atoms. The largest absolute Gasteiger partial charge is 0.444 e. The minimum absolute atomic E-state index is 0.254. The molecule has 1 unspecified atom stereocenters. The maximum atomic E-state index is 11.9. The van der Waals surface area contributed by atoms with E-state index in [0.717, 1.165) is 24.5 Å². The van der Waals surface area contributed by atoms with Crippen LogP contribution in [0.25, 0.3) is 0 Å². The van der Waals surface area contributed by atoms with Crippen molar-refractivity contribution in [3.05, 3.63) is 35.4 Å². The van der Waals surface area contributed by atoms with Gasteiger partial charge in [-0.25, -0.2) is 4.79 Å². The highest BCUT2D eigenvalue weighted by molar-refractivity contribution is 7.98. The lowest BCUT2D eigenvalue weighted by molar-refractivity contribution is 0.0297. The molecule has 1 atom stereocenters. The minimum Gasteiger partial charge on any atom is -0.444 e. The van der Waals surface area contributed by atoms with Gasteiger partial charge in [-0.1, -0.05) is 24.3 Å². The number of nitrogens with one attached hydrogen (secondary N) is 1. The van der Waals surface area contributed by atoms with Gasteiger partial charge in [-0.3, -0.25) is 0 Å². The van der Waals surface area contributed by atoms with Crippen LogP contribution in [0.5, 0.6) is 0 Å². The van der Waals surface area contributed by atoms with Crippen LogP contribution in [0, 0.1) is 0 Å². The van der Waals surface area contributed by atoms with Crippen LogP contribution in [0.15, 0.2) is 24.3 Å². The number of thioether (sulfide) groups is 1. The summed E-state index contributed by atoms with van der Waals surface area (Å²) in [5.41, 5.74) is 2.42. The Hall–Kier alpha value is -1.20. The molecule has 1 N–H and O–H groups in total. The van der Waals surface area contributed by atoms with Gasteiger partial charge in [0.05, 0.1) is 0 Å². The van der Waals surface area contributed by atoms with E-state index in [1.165, 1.54) is 11.1 Å². The highest BCUT2D eigenvalue weighted by atomic mass is 32.2. The second-order valence-electron chi connectivity index (χ2n) is 6.98. The van der Waals surface area contributed by atoms with Gasteiger partial charge in [0.15, 0.2) is 0 Å². The Labute approximate surface area is 144 Å². The highest BCUT2D eigenvalue weighted by Crippen LogP contribution is 2.31. The van der Waals surface area contributed by atoms with E-state index in [1.807, 2.05) is 32.5 Å². The van der Waals surface area contributed by atoms with E-state index in [2.05, 4.69) is 29.6 Å². The molecule has 5 heteroatoms. The summed E-state index contributed by atoms with van der Waals surface area (Å²) in [5.74, 6) is 2.22. The molecule has 0 aliphatic carbocycles. The number of fused-ring (bicyclic) bond motifs is 1. The number of ether oxygens (including phenoxy) is 1.